The Bertz CT molecular complexity index is 555. The van der Waals surface area contributed by atoms with Gasteiger partial charge in [0, 0.05) is 23.5 Å². The minimum Gasteiger partial charge on any atom is -0.481 e. The highest BCUT2D eigenvalue weighted by molar-refractivity contribution is 5.84. The number of aryl methyl sites for hydroxylation is 3. The average Bonchev–Trinajstić information content (AvgIpc) is 2.62. The number of H-pyrrole nitrogens is 1. The van der Waals surface area contributed by atoms with E-state index in [-0.39, 0.29) is 6.42 Å². The van der Waals surface area contributed by atoms with Crippen molar-refractivity contribution in [3.05, 3.63) is 35.0 Å². The van der Waals surface area contributed by atoms with E-state index in [9.17, 15) is 4.79 Å². The SMILES string of the molecule is Cc1cc2[nH]cc(CCCC(=O)O)c2cc1C. The van der Waals surface area contributed by atoms with Crippen molar-refractivity contribution in [2.45, 2.75) is 33.1 Å². The lowest BCUT2D eigenvalue weighted by molar-refractivity contribution is -0.137. The summed E-state index contributed by atoms with van der Waals surface area (Å²) in [6.07, 6.45) is 3.73. The smallest absolute Gasteiger partial charge is 0.303 e. The molecule has 0 unspecified atom stereocenters. The predicted octanol–water partition coefficient (Wildman–Crippen LogP) is 3.19. The van der Waals surface area contributed by atoms with Gasteiger partial charge < -0.3 is 10.1 Å². The summed E-state index contributed by atoms with van der Waals surface area (Å²) in [5.41, 5.74) is 4.90. The van der Waals surface area contributed by atoms with E-state index in [2.05, 4.69) is 31.0 Å². The number of hydrogen-bond acceptors (Lipinski definition) is 1. The zero-order chi connectivity index (χ0) is 12.4. The van der Waals surface area contributed by atoms with Crippen LogP contribution in [0.5, 0.6) is 0 Å². The number of aromatic amines is 1. The molecule has 2 N–H and O–H groups in total. The molecule has 0 atom stereocenters. The number of aromatic nitrogens is 1. The molecule has 3 nitrogen and oxygen atoms in total. The summed E-state index contributed by atoms with van der Waals surface area (Å²) in [5, 5.41) is 9.85. The summed E-state index contributed by atoms with van der Waals surface area (Å²) in [7, 11) is 0. The maximum atomic E-state index is 10.5. The molecule has 3 heteroatoms. The molecule has 0 saturated carbocycles. The third-order valence-corrected chi connectivity index (χ3v) is 3.22. The van der Waals surface area contributed by atoms with Crippen molar-refractivity contribution in [2.75, 3.05) is 0 Å². The summed E-state index contributed by atoms with van der Waals surface area (Å²) in [6, 6.07) is 4.32. The van der Waals surface area contributed by atoms with Gasteiger partial charge in [-0.15, -0.1) is 0 Å². The number of hydrogen-bond donors (Lipinski definition) is 2. The number of rotatable bonds is 4. The van der Waals surface area contributed by atoms with Crippen LogP contribution in [0.2, 0.25) is 0 Å². The Hall–Kier alpha value is -1.77. The zero-order valence-corrected chi connectivity index (χ0v) is 10.2. The third kappa shape index (κ3) is 2.49. The maximum absolute atomic E-state index is 10.5. The van der Waals surface area contributed by atoms with Crippen LogP contribution in [-0.4, -0.2) is 16.1 Å². The van der Waals surface area contributed by atoms with Gasteiger partial charge in [-0.05, 0) is 55.5 Å². The first kappa shape index (κ1) is 11.7. The number of nitrogens with one attached hydrogen (secondary N) is 1. The Morgan fingerprint density at radius 2 is 2.00 bits per heavy atom. The molecule has 90 valence electrons. The number of benzene rings is 1. The molecule has 0 aliphatic carbocycles. The standard InChI is InChI=1S/C14H17NO2/c1-9-6-12-11(4-3-5-14(16)17)8-15-13(12)7-10(9)2/h6-8,15H,3-5H2,1-2H3,(H,16,17). The second-order valence-corrected chi connectivity index (χ2v) is 4.54. The van der Waals surface area contributed by atoms with Crippen LogP contribution in [0.3, 0.4) is 0 Å². The second-order valence-electron chi connectivity index (χ2n) is 4.54. The molecular formula is C14H17NO2. The molecule has 1 aromatic carbocycles. The predicted molar refractivity (Wildman–Crippen MR) is 68.3 cm³/mol. The van der Waals surface area contributed by atoms with Crippen molar-refractivity contribution in [2.24, 2.45) is 0 Å². The Balaban J connectivity index is 2.23. The van der Waals surface area contributed by atoms with E-state index in [0.29, 0.717) is 6.42 Å². The largest absolute Gasteiger partial charge is 0.481 e. The van der Waals surface area contributed by atoms with Gasteiger partial charge >= 0.3 is 5.97 Å². The van der Waals surface area contributed by atoms with E-state index < -0.39 is 5.97 Å². The lowest BCUT2D eigenvalue weighted by atomic mass is 10.0. The first-order valence-corrected chi connectivity index (χ1v) is 5.87. The third-order valence-electron chi connectivity index (χ3n) is 3.22. The average molecular weight is 231 g/mol. The maximum Gasteiger partial charge on any atom is 0.303 e. The van der Waals surface area contributed by atoms with Crippen molar-refractivity contribution in [3.8, 4) is 0 Å². The highest BCUT2D eigenvalue weighted by atomic mass is 16.4. The normalized spacial score (nSPS) is 10.9. The minimum atomic E-state index is -0.725. The lowest BCUT2D eigenvalue weighted by Gasteiger charge is -2.02. The molecule has 0 radical (unpaired) electrons. The topological polar surface area (TPSA) is 53.1 Å². The molecule has 1 aromatic heterocycles. The second kappa shape index (κ2) is 4.62. The van der Waals surface area contributed by atoms with Crippen LogP contribution in [0.1, 0.15) is 29.5 Å². The molecule has 0 aliphatic rings. The Morgan fingerprint density at radius 3 is 2.71 bits per heavy atom. The van der Waals surface area contributed by atoms with Crippen LogP contribution in [0.15, 0.2) is 18.3 Å². The van der Waals surface area contributed by atoms with Crippen LogP contribution in [0, 0.1) is 13.8 Å². The molecule has 0 aliphatic heterocycles. The van der Waals surface area contributed by atoms with Crippen LogP contribution >= 0.6 is 0 Å². The molecule has 0 amide bonds. The van der Waals surface area contributed by atoms with Gasteiger partial charge in [-0.2, -0.15) is 0 Å². The Labute approximate surface area is 100 Å². The van der Waals surface area contributed by atoms with E-state index in [1.807, 2.05) is 6.20 Å². The van der Waals surface area contributed by atoms with Gasteiger partial charge in [0.1, 0.15) is 0 Å². The number of fused-ring (bicyclic) bond motifs is 1. The van der Waals surface area contributed by atoms with Crippen LogP contribution in [-0.2, 0) is 11.2 Å². The van der Waals surface area contributed by atoms with Gasteiger partial charge in [-0.1, -0.05) is 0 Å². The molecule has 0 spiro atoms. The first-order valence-electron chi connectivity index (χ1n) is 5.87. The van der Waals surface area contributed by atoms with Gasteiger partial charge in [-0.3, -0.25) is 4.79 Å². The van der Waals surface area contributed by atoms with Gasteiger partial charge in [0.25, 0.3) is 0 Å². The van der Waals surface area contributed by atoms with Gasteiger partial charge in [0.2, 0.25) is 0 Å². The molecular weight excluding hydrogens is 214 g/mol. The zero-order valence-electron chi connectivity index (χ0n) is 10.2. The number of carbonyl (C=O) groups is 1. The molecule has 17 heavy (non-hydrogen) atoms. The van der Waals surface area contributed by atoms with Crippen molar-refractivity contribution in [3.63, 3.8) is 0 Å². The van der Waals surface area contributed by atoms with Crippen molar-refractivity contribution < 1.29 is 9.90 Å². The van der Waals surface area contributed by atoms with E-state index in [1.54, 1.807) is 0 Å². The Morgan fingerprint density at radius 1 is 1.29 bits per heavy atom. The van der Waals surface area contributed by atoms with Crippen LogP contribution in [0.4, 0.5) is 0 Å². The van der Waals surface area contributed by atoms with E-state index in [4.69, 9.17) is 5.11 Å². The molecule has 0 bridgehead atoms. The summed E-state index contributed by atoms with van der Waals surface area (Å²) < 4.78 is 0. The lowest BCUT2D eigenvalue weighted by Crippen LogP contribution is -1.95. The summed E-state index contributed by atoms with van der Waals surface area (Å²) in [5.74, 6) is -0.725. The van der Waals surface area contributed by atoms with Crippen LogP contribution < -0.4 is 0 Å². The molecule has 2 rings (SSSR count). The highest BCUT2D eigenvalue weighted by Gasteiger charge is 2.06. The quantitative estimate of drug-likeness (QED) is 0.849. The summed E-state index contributed by atoms with van der Waals surface area (Å²) in [6.45, 7) is 4.20. The summed E-state index contributed by atoms with van der Waals surface area (Å²) in [4.78, 5) is 13.7. The molecule has 0 fully saturated rings. The van der Waals surface area contributed by atoms with Gasteiger partial charge in [0.05, 0.1) is 0 Å². The fourth-order valence-electron chi connectivity index (χ4n) is 2.08. The minimum absolute atomic E-state index is 0.234. The fourth-order valence-corrected chi connectivity index (χ4v) is 2.08. The fraction of sp³-hybridized carbons (Fsp3) is 0.357. The van der Waals surface area contributed by atoms with Gasteiger partial charge in [0.15, 0.2) is 0 Å². The van der Waals surface area contributed by atoms with Gasteiger partial charge in [-0.25, -0.2) is 0 Å². The van der Waals surface area contributed by atoms with E-state index >= 15 is 0 Å². The van der Waals surface area contributed by atoms with Crippen molar-refractivity contribution in [1.29, 1.82) is 0 Å². The molecule has 1 heterocycles. The summed E-state index contributed by atoms with van der Waals surface area (Å²) >= 11 is 0. The number of carboxylic acids is 1. The van der Waals surface area contributed by atoms with Crippen LogP contribution in [0.25, 0.3) is 10.9 Å². The van der Waals surface area contributed by atoms with Crippen molar-refractivity contribution >= 4 is 16.9 Å². The molecule has 2 aromatic rings. The highest BCUT2D eigenvalue weighted by Crippen LogP contribution is 2.23. The number of aliphatic carboxylic acids is 1. The van der Waals surface area contributed by atoms with E-state index in [1.165, 1.54) is 22.1 Å². The molecule has 0 saturated heterocycles. The first-order chi connectivity index (χ1) is 8.08. The van der Waals surface area contributed by atoms with E-state index in [0.717, 1.165) is 11.9 Å². The Kier molecular flexibility index (Phi) is 3.18. The number of carboxylic acid groups (broad SMARTS) is 1. The monoisotopic (exact) mass is 231 g/mol. The van der Waals surface area contributed by atoms with Crippen molar-refractivity contribution in [1.82, 2.24) is 4.98 Å².